The number of aryl methyl sites for hydroxylation is 1. The second-order valence-corrected chi connectivity index (χ2v) is 5.81. The summed E-state index contributed by atoms with van der Waals surface area (Å²) in [5.74, 6) is 1.37. The Labute approximate surface area is 136 Å². The second-order valence-electron chi connectivity index (χ2n) is 4.96. The maximum Gasteiger partial charge on any atom is 0.147 e. The molecule has 0 atom stereocenters. The third kappa shape index (κ3) is 4.63. The lowest BCUT2D eigenvalue weighted by Gasteiger charge is -2.14. The van der Waals surface area contributed by atoms with E-state index in [1.807, 2.05) is 12.1 Å². The Bertz CT molecular complexity index is 614. The van der Waals surface area contributed by atoms with Crippen LogP contribution < -0.4 is 10.1 Å². The Kier molecular flexibility index (Phi) is 5.92. The number of ether oxygens (including phenoxy) is 1. The summed E-state index contributed by atoms with van der Waals surface area (Å²) in [7, 11) is 0. The molecule has 0 heterocycles. The Morgan fingerprint density at radius 3 is 2.62 bits per heavy atom. The Hall–Kier alpha value is -1.22. The predicted molar refractivity (Wildman–Crippen MR) is 89.7 cm³/mol. The van der Waals surface area contributed by atoms with Crippen molar-refractivity contribution in [2.45, 2.75) is 26.8 Å². The van der Waals surface area contributed by atoms with E-state index in [0.29, 0.717) is 15.8 Å². The van der Waals surface area contributed by atoms with E-state index in [1.54, 1.807) is 18.2 Å². The van der Waals surface area contributed by atoms with Gasteiger partial charge < -0.3 is 10.1 Å². The normalized spacial score (nSPS) is 10.7. The maximum atomic E-state index is 6.16. The Morgan fingerprint density at radius 2 is 1.86 bits per heavy atom. The molecular formula is C17H19Cl2NO. The number of rotatable bonds is 6. The lowest BCUT2D eigenvalue weighted by Crippen LogP contribution is -2.14. The van der Waals surface area contributed by atoms with Gasteiger partial charge in [-0.25, -0.2) is 0 Å². The summed E-state index contributed by atoms with van der Waals surface area (Å²) in [6.07, 6.45) is 1.10. The van der Waals surface area contributed by atoms with Crippen LogP contribution in [0.4, 0.5) is 0 Å². The molecule has 0 aliphatic heterocycles. The maximum absolute atomic E-state index is 6.16. The number of halogens is 2. The predicted octanol–water partition coefficient (Wildman–Crippen LogP) is 5.59. The van der Waals surface area contributed by atoms with Crippen LogP contribution in [-0.2, 0) is 6.54 Å². The number of hydrogen-bond donors (Lipinski definition) is 1. The minimum Gasteiger partial charge on any atom is -0.455 e. The van der Waals surface area contributed by atoms with Gasteiger partial charge in [0.05, 0.1) is 5.02 Å². The van der Waals surface area contributed by atoms with Crippen LogP contribution in [0.5, 0.6) is 11.5 Å². The molecule has 0 spiro atoms. The van der Waals surface area contributed by atoms with Crippen LogP contribution in [-0.4, -0.2) is 6.54 Å². The number of benzene rings is 2. The first-order valence-corrected chi connectivity index (χ1v) is 7.79. The van der Waals surface area contributed by atoms with Gasteiger partial charge in [0.1, 0.15) is 11.5 Å². The molecule has 2 rings (SSSR count). The molecule has 0 radical (unpaired) electrons. The summed E-state index contributed by atoms with van der Waals surface area (Å²) in [6.45, 7) is 5.96. The van der Waals surface area contributed by atoms with E-state index >= 15 is 0 Å². The number of nitrogens with one attached hydrogen (secondary N) is 1. The lowest BCUT2D eigenvalue weighted by atomic mass is 10.1. The van der Waals surface area contributed by atoms with Gasteiger partial charge in [-0.3, -0.25) is 0 Å². The molecule has 0 aliphatic carbocycles. The summed E-state index contributed by atoms with van der Waals surface area (Å²) in [4.78, 5) is 0. The highest BCUT2D eigenvalue weighted by molar-refractivity contribution is 6.34. The second kappa shape index (κ2) is 7.69. The molecule has 112 valence electrons. The van der Waals surface area contributed by atoms with Crippen LogP contribution in [0.25, 0.3) is 0 Å². The molecule has 0 bridgehead atoms. The van der Waals surface area contributed by atoms with Crippen LogP contribution in [0.3, 0.4) is 0 Å². The van der Waals surface area contributed by atoms with E-state index in [4.69, 9.17) is 27.9 Å². The van der Waals surface area contributed by atoms with Crippen LogP contribution in [0.2, 0.25) is 10.0 Å². The fraction of sp³-hybridized carbons (Fsp3) is 0.294. The topological polar surface area (TPSA) is 21.3 Å². The zero-order chi connectivity index (χ0) is 15.2. The highest BCUT2D eigenvalue weighted by atomic mass is 35.5. The van der Waals surface area contributed by atoms with Crippen molar-refractivity contribution in [1.29, 1.82) is 0 Å². The van der Waals surface area contributed by atoms with Gasteiger partial charge in [-0.2, -0.15) is 0 Å². The number of hydrogen-bond acceptors (Lipinski definition) is 2. The molecule has 4 heteroatoms. The summed E-state index contributed by atoms with van der Waals surface area (Å²) in [5.41, 5.74) is 2.31. The van der Waals surface area contributed by atoms with Gasteiger partial charge in [-0.05, 0) is 38.1 Å². The molecule has 0 saturated carbocycles. The van der Waals surface area contributed by atoms with Crippen LogP contribution in [0.1, 0.15) is 24.5 Å². The zero-order valence-electron chi connectivity index (χ0n) is 12.2. The monoisotopic (exact) mass is 323 g/mol. The van der Waals surface area contributed by atoms with Crippen molar-refractivity contribution in [1.82, 2.24) is 5.32 Å². The highest BCUT2D eigenvalue weighted by Gasteiger charge is 2.09. The first-order chi connectivity index (χ1) is 10.1. The molecular weight excluding hydrogens is 305 g/mol. The zero-order valence-corrected chi connectivity index (χ0v) is 13.8. The minimum atomic E-state index is 0.549. The largest absolute Gasteiger partial charge is 0.455 e. The van der Waals surface area contributed by atoms with Crippen molar-refractivity contribution in [2.75, 3.05) is 6.54 Å². The van der Waals surface area contributed by atoms with Crippen molar-refractivity contribution >= 4 is 23.2 Å². The van der Waals surface area contributed by atoms with Gasteiger partial charge in [0.25, 0.3) is 0 Å². The van der Waals surface area contributed by atoms with E-state index in [9.17, 15) is 0 Å². The summed E-state index contributed by atoms with van der Waals surface area (Å²) >= 11 is 12.2. The van der Waals surface area contributed by atoms with Crippen LogP contribution in [0, 0.1) is 6.92 Å². The summed E-state index contributed by atoms with van der Waals surface area (Å²) in [5, 5.41) is 4.54. The molecule has 0 saturated heterocycles. The summed E-state index contributed by atoms with van der Waals surface area (Å²) < 4.78 is 5.95. The van der Waals surface area contributed by atoms with Gasteiger partial charge in [0.2, 0.25) is 0 Å². The average molecular weight is 324 g/mol. The van der Waals surface area contributed by atoms with Crippen molar-refractivity contribution in [2.24, 2.45) is 0 Å². The molecule has 2 aromatic rings. The minimum absolute atomic E-state index is 0.549. The van der Waals surface area contributed by atoms with Crippen molar-refractivity contribution in [3.8, 4) is 11.5 Å². The quantitative estimate of drug-likeness (QED) is 0.699. The Balaban J connectivity index is 2.24. The van der Waals surface area contributed by atoms with Crippen molar-refractivity contribution in [3.05, 3.63) is 57.6 Å². The standard InChI is InChI=1S/C17H19Cl2NO/c1-3-8-20-11-13-9-12(2)4-7-16(13)21-17-10-14(18)5-6-15(17)19/h4-7,9-10,20H,3,8,11H2,1-2H3. The third-order valence-electron chi connectivity index (χ3n) is 3.07. The van der Waals surface area contributed by atoms with Crippen LogP contribution in [0.15, 0.2) is 36.4 Å². The molecule has 1 N–H and O–H groups in total. The van der Waals surface area contributed by atoms with E-state index in [-0.39, 0.29) is 0 Å². The third-order valence-corrected chi connectivity index (χ3v) is 3.62. The molecule has 2 nitrogen and oxygen atoms in total. The molecule has 0 aromatic heterocycles. The molecule has 0 aliphatic rings. The van der Waals surface area contributed by atoms with Gasteiger partial charge in [0.15, 0.2) is 0 Å². The lowest BCUT2D eigenvalue weighted by molar-refractivity contribution is 0.472. The van der Waals surface area contributed by atoms with Crippen molar-refractivity contribution < 1.29 is 4.74 Å². The van der Waals surface area contributed by atoms with Gasteiger partial charge in [-0.15, -0.1) is 0 Å². The van der Waals surface area contributed by atoms with Gasteiger partial charge in [0, 0.05) is 23.2 Å². The molecule has 21 heavy (non-hydrogen) atoms. The van der Waals surface area contributed by atoms with E-state index < -0.39 is 0 Å². The SMILES string of the molecule is CCCNCc1cc(C)ccc1Oc1cc(Cl)ccc1Cl. The van der Waals surface area contributed by atoms with E-state index in [2.05, 4.69) is 25.2 Å². The average Bonchev–Trinajstić information content (AvgIpc) is 2.46. The first-order valence-electron chi connectivity index (χ1n) is 7.03. The molecule has 0 amide bonds. The molecule has 0 fully saturated rings. The van der Waals surface area contributed by atoms with Crippen molar-refractivity contribution in [3.63, 3.8) is 0 Å². The van der Waals surface area contributed by atoms with Crippen LogP contribution >= 0.6 is 23.2 Å². The molecule has 2 aromatic carbocycles. The van der Waals surface area contributed by atoms with Gasteiger partial charge in [-0.1, -0.05) is 47.8 Å². The summed E-state index contributed by atoms with van der Waals surface area (Å²) in [6, 6.07) is 11.3. The highest BCUT2D eigenvalue weighted by Crippen LogP contribution is 2.33. The smallest absolute Gasteiger partial charge is 0.147 e. The fourth-order valence-electron chi connectivity index (χ4n) is 2.02. The molecule has 0 unspecified atom stereocenters. The van der Waals surface area contributed by atoms with E-state index in [1.165, 1.54) is 5.56 Å². The first kappa shape index (κ1) is 16.2. The van der Waals surface area contributed by atoms with Gasteiger partial charge >= 0.3 is 0 Å². The fourth-order valence-corrected chi connectivity index (χ4v) is 2.34. The Morgan fingerprint density at radius 1 is 1.05 bits per heavy atom. The van der Waals surface area contributed by atoms with E-state index in [0.717, 1.165) is 30.8 Å².